The number of benzene rings is 1. The van der Waals surface area contributed by atoms with Gasteiger partial charge in [0.2, 0.25) is 0 Å². The van der Waals surface area contributed by atoms with E-state index in [0.717, 1.165) is 11.3 Å². The van der Waals surface area contributed by atoms with Gasteiger partial charge in [-0.1, -0.05) is 12.1 Å². The predicted molar refractivity (Wildman–Crippen MR) is 91.4 cm³/mol. The van der Waals surface area contributed by atoms with Crippen molar-refractivity contribution in [2.24, 2.45) is 0 Å². The van der Waals surface area contributed by atoms with Gasteiger partial charge in [0.25, 0.3) is 5.56 Å². The quantitative estimate of drug-likeness (QED) is 0.864. The number of ether oxygens (including phenoxy) is 2. The molecule has 0 radical (unpaired) electrons. The van der Waals surface area contributed by atoms with Gasteiger partial charge in [0.1, 0.15) is 11.3 Å². The molecule has 0 saturated carbocycles. The summed E-state index contributed by atoms with van der Waals surface area (Å²) in [6.45, 7) is 1.83. The number of aromatic amines is 1. The number of carbonyl (C=O) groups is 2. The molecule has 0 spiro atoms. The summed E-state index contributed by atoms with van der Waals surface area (Å²) in [6.07, 6.45) is 0.861. The maximum Gasteiger partial charge on any atom is 0.343 e. The zero-order chi connectivity index (χ0) is 18.0. The Kier molecular flexibility index (Phi) is 4.70. The van der Waals surface area contributed by atoms with Crippen LogP contribution in [0.15, 0.2) is 35.1 Å². The molecular formula is C19H19NO5. The van der Waals surface area contributed by atoms with Crippen molar-refractivity contribution in [1.82, 2.24) is 4.98 Å². The molecule has 25 heavy (non-hydrogen) atoms. The van der Waals surface area contributed by atoms with Crippen molar-refractivity contribution < 1.29 is 19.1 Å². The second-order valence-electron chi connectivity index (χ2n) is 5.93. The van der Waals surface area contributed by atoms with Gasteiger partial charge >= 0.3 is 5.97 Å². The van der Waals surface area contributed by atoms with Gasteiger partial charge in [-0.05, 0) is 43.0 Å². The predicted octanol–water partition coefficient (Wildman–Crippen LogP) is 2.47. The molecule has 1 aromatic heterocycles. The van der Waals surface area contributed by atoms with E-state index in [2.05, 4.69) is 4.98 Å². The number of fused-ring (bicyclic) bond motifs is 1. The van der Waals surface area contributed by atoms with Crippen LogP contribution in [0.3, 0.4) is 0 Å². The van der Waals surface area contributed by atoms with Crippen LogP contribution in [0, 0.1) is 0 Å². The highest BCUT2D eigenvalue weighted by Gasteiger charge is 2.29. The second kappa shape index (κ2) is 6.93. The van der Waals surface area contributed by atoms with E-state index in [1.165, 1.54) is 6.07 Å². The number of aromatic nitrogens is 1. The molecule has 1 atom stereocenters. The summed E-state index contributed by atoms with van der Waals surface area (Å²) in [7, 11) is 1.60. The number of Topliss-reactive ketones (excluding diaryl/α,β-unsaturated/α-hetero) is 1. The van der Waals surface area contributed by atoms with Crippen LogP contribution in [0.4, 0.5) is 0 Å². The first-order valence-corrected chi connectivity index (χ1v) is 8.14. The SMILES string of the molecule is CCOC(=O)c1cc2c([nH]c1=O)C[C@H](c1ccc(OC)cc1)CC2=O. The van der Waals surface area contributed by atoms with E-state index in [1.54, 1.807) is 14.0 Å². The van der Waals surface area contributed by atoms with Crippen molar-refractivity contribution in [2.45, 2.75) is 25.7 Å². The zero-order valence-corrected chi connectivity index (χ0v) is 14.1. The van der Waals surface area contributed by atoms with Crippen LogP contribution in [0.25, 0.3) is 0 Å². The highest BCUT2D eigenvalue weighted by atomic mass is 16.5. The van der Waals surface area contributed by atoms with E-state index < -0.39 is 11.5 Å². The third-order valence-electron chi connectivity index (χ3n) is 4.39. The lowest BCUT2D eigenvalue weighted by atomic mass is 9.81. The van der Waals surface area contributed by atoms with Crippen LogP contribution < -0.4 is 10.3 Å². The van der Waals surface area contributed by atoms with Crippen LogP contribution >= 0.6 is 0 Å². The molecule has 6 heteroatoms. The number of nitrogens with one attached hydrogen (secondary N) is 1. The number of rotatable bonds is 4. The lowest BCUT2D eigenvalue weighted by molar-refractivity contribution is 0.0524. The van der Waals surface area contributed by atoms with E-state index >= 15 is 0 Å². The van der Waals surface area contributed by atoms with Crippen molar-refractivity contribution >= 4 is 11.8 Å². The van der Waals surface area contributed by atoms with Crippen molar-refractivity contribution in [3.05, 3.63) is 63.1 Å². The van der Waals surface area contributed by atoms with Crippen LogP contribution in [-0.4, -0.2) is 30.5 Å². The van der Waals surface area contributed by atoms with E-state index in [4.69, 9.17) is 9.47 Å². The van der Waals surface area contributed by atoms with Gasteiger partial charge in [0.15, 0.2) is 5.78 Å². The third-order valence-corrected chi connectivity index (χ3v) is 4.39. The normalized spacial score (nSPS) is 16.2. The monoisotopic (exact) mass is 341 g/mol. The molecule has 1 heterocycles. The largest absolute Gasteiger partial charge is 0.497 e. The van der Waals surface area contributed by atoms with E-state index in [9.17, 15) is 14.4 Å². The van der Waals surface area contributed by atoms with Crippen LogP contribution in [0.2, 0.25) is 0 Å². The molecule has 0 amide bonds. The summed E-state index contributed by atoms with van der Waals surface area (Å²) in [6, 6.07) is 8.91. The molecule has 1 aromatic carbocycles. The Morgan fingerprint density at radius 2 is 1.92 bits per heavy atom. The molecular weight excluding hydrogens is 322 g/mol. The van der Waals surface area contributed by atoms with Crippen molar-refractivity contribution in [3.63, 3.8) is 0 Å². The molecule has 0 unspecified atom stereocenters. The van der Waals surface area contributed by atoms with Crippen molar-refractivity contribution in [2.75, 3.05) is 13.7 Å². The number of pyridine rings is 1. The fraction of sp³-hybridized carbons (Fsp3) is 0.316. The van der Waals surface area contributed by atoms with Crippen LogP contribution in [0.5, 0.6) is 5.75 Å². The molecule has 130 valence electrons. The summed E-state index contributed by atoms with van der Waals surface area (Å²) >= 11 is 0. The molecule has 0 aliphatic heterocycles. The van der Waals surface area contributed by atoms with Gasteiger partial charge in [-0.15, -0.1) is 0 Å². The Hall–Kier alpha value is -2.89. The summed E-state index contributed by atoms with van der Waals surface area (Å²) in [5.41, 5.74) is 1.31. The standard InChI is InChI=1S/C19H19NO5/c1-3-25-19(23)15-10-14-16(20-18(15)22)8-12(9-17(14)21)11-4-6-13(24-2)7-5-11/h4-7,10,12H,3,8-9H2,1-2H3,(H,20,22)/t12-/m0/s1. The highest BCUT2D eigenvalue weighted by molar-refractivity contribution is 6.01. The number of carbonyl (C=O) groups excluding carboxylic acids is 2. The number of esters is 1. The summed E-state index contributed by atoms with van der Waals surface area (Å²) in [4.78, 5) is 39.2. The zero-order valence-electron chi connectivity index (χ0n) is 14.1. The van der Waals surface area contributed by atoms with Crippen LogP contribution in [-0.2, 0) is 11.2 Å². The van der Waals surface area contributed by atoms with Gasteiger partial charge < -0.3 is 14.5 Å². The Labute approximate surface area is 144 Å². The molecule has 0 bridgehead atoms. The lowest BCUT2D eigenvalue weighted by Gasteiger charge is -2.24. The molecule has 6 nitrogen and oxygen atoms in total. The Balaban J connectivity index is 1.92. The minimum absolute atomic E-state index is 0.0185. The van der Waals surface area contributed by atoms with E-state index in [0.29, 0.717) is 24.1 Å². The maximum atomic E-state index is 12.5. The average Bonchev–Trinajstić information content (AvgIpc) is 2.61. The fourth-order valence-electron chi connectivity index (χ4n) is 3.10. The first kappa shape index (κ1) is 17.0. The third kappa shape index (κ3) is 3.33. The number of hydrogen-bond acceptors (Lipinski definition) is 5. The van der Waals surface area contributed by atoms with Crippen molar-refractivity contribution in [1.29, 1.82) is 0 Å². The Morgan fingerprint density at radius 3 is 2.56 bits per heavy atom. The second-order valence-corrected chi connectivity index (χ2v) is 5.93. The highest BCUT2D eigenvalue weighted by Crippen LogP contribution is 2.32. The first-order valence-electron chi connectivity index (χ1n) is 8.14. The van der Waals surface area contributed by atoms with Crippen LogP contribution in [0.1, 0.15) is 51.2 Å². The smallest absolute Gasteiger partial charge is 0.343 e. The summed E-state index contributed by atoms with van der Waals surface area (Å²) in [5.74, 6) is -0.0748. The number of H-pyrrole nitrogens is 1. The van der Waals surface area contributed by atoms with E-state index in [1.807, 2.05) is 24.3 Å². The molecule has 1 aliphatic carbocycles. The minimum Gasteiger partial charge on any atom is -0.497 e. The first-order chi connectivity index (χ1) is 12.0. The Morgan fingerprint density at radius 1 is 1.20 bits per heavy atom. The van der Waals surface area contributed by atoms with E-state index in [-0.39, 0.29) is 23.9 Å². The van der Waals surface area contributed by atoms with Crippen molar-refractivity contribution in [3.8, 4) is 5.75 Å². The van der Waals surface area contributed by atoms with Gasteiger partial charge in [0.05, 0.1) is 13.7 Å². The maximum absolute atomic E-state index is 12.5. The molecule has 2 aromatic rings. The molecule has 1 aliphatic rings. The molecule has 0 fully saturated rings. The molecule has 1 N–H and O–H groups in total. The Bertz CT molecular complexity index is 866. The summed E-state index contributed by atoms with van der Waals surface area (Å²) < 4.78 is 10.0. The van der Waals surface area contributed by atoms with Gasteiger partial charge in [0, 0.05) is 17.7 Å². The van der Waals surface area contributed by atoms with Gasteiger partial charge in [-0.2, -0.15) is 0 Å². The average molecular weight is 341 g/mol. The lowest BCUT2D eigenvalue weighted by Crippen LogP contribution is -2.28. The van der Waals surface area contributed by atoms with Gasteiger partial charge in [-0.3, -0.25) is 9.59 Å². The molecule has 0 saturated heterocycles. The summed E-state index contributed by atoms with van der Waals surface area (Å²) in [5, 5.41) is 0. The number of hydrogen-bond donors (Lipinski definition) is 1. The molecule has 3 rings (SSSR count). The number of methoxy groups -OCH3 is 1. The fourth-order valence-corrected chi connectivity index (χ4v) is 3.10. The number of ketones is 1. The minimum atomic E-state index is -0.711. The van der Waals surface area contributed by atoms with Gasteiger partial charge in [-0.25, -0.2) is 4.79 Å². The topological polar surface area (TPSA) is 85.5 Å².